The van der Waals surface area contributed by atoms with Gasteiger partial charge in [0.15, 0.2) is 5.11 Å². The van der Waals surface area contributed by atoms with Gasteiger partial charge in [0.2, 0.25) is 0 Å². The molecule has 1 aromatic carbocycles. The van der Waals surface area contributed by atoms with E-state index < -0.39 is 0 Å². The summed E-state index contributed by atoms with van der Waals surface area (Å²) < 4.78 is 0. The summed E-state index contributed by atoms with van der Waals surface area (Å²) in [6, 6.07) is 5.23. The third-order valence-electron chi connectivity index (χ3n) is 1.73. The van der Waals surface area contributed by atoms with Crippen LogP contribution in [0.3, 0.4) is 0 Å². The molecule has 1 aromatic rings. The molecule has 0 amide bonds. The summed E-state index contributed by atoms with van der Waals surface area (Å²) in [5.74, 6) is 0. The van der Waals surface area contributed by atoms with Crippen LogP contribution in [0.2, 0.25) is 10.0 Å². The van der Waals surface area contributed by atoms with Crippen molar-refractivity contribution in [3.63, 3.8) is 0 Å². The molecular formula is C11H11Cl2N3S. The molecule has 0 saturated heterocycles. The fourth-order valence-electron chi connectivity index (χ4n) is 0.963. The van der Waals surface area contributed by atoms with Gasteiger partial charge in [0.05, 0.1) is 16.3 Å². The molecular weight excluding hydrogens is 277 g/mol. The molecule has 0 aliphatic heterocycles. The van der Waals surface area contributed by atoms with E-state index >= 15 is 0 Å². The summed E-state index contributed by atoms with van der Waals surface area (Å²) >= 11 is 16.6. The lowest BCUT2D eigenvalue weighted by atomic mass is 10.2. The average Bonchev–Trinajstić information content (AvgIpc) is 2.31. The fraction of sp³-hybridized carbons (Fsp3) is 0.0909. The van der Waals surface area contributed by atoms with Gasteiger partial charge in [-0.05, 0) is 29.9 Å². The Morgan fingerprint density at radius 1 is 1.41 bits per heavy atom. The lowest BCUT2D eigenvalue weighted by molar-refractivity contribution is 0.942. The van der Waals surface area contributed by atoms with Crippen LogP contribution in [-0.4, -0.2) is 17.9 Å². The van der Waals surface area contributed by atoms with Crippen LogP contribution in [0.25, 0.3) is 0 Å². The van der Waals surface area contributed by atoms with Crippen molar-refractivity contribution >= 4 is 46.7 Å². The van der Waals surface area contributed by atoms with E-state index in [1.165, 1.54) is 0 Å². The molecule has 0 spiro atoms. The predicted octanol–water partition coefficient (Wildman–Crippen LogP) is 2.98. The maximum atomic E-state index is 5.86. The third kappa shape index (κ3) is 5.17. The molecule has 0 aliphatic carbocycles. The first kappa shape index (κ1) is 14.0. The Morgan fingerprint density at radius 2 is 2.18 bits per heavy atom. The molecule has 2 N–H and O–H groups in total. The lowest BCUT2D eigenvalue weighted by Crippen LogP contribution is -2.31. The highest BCUT2D eigenvalue weighted by molar-refractivity contribution is 7.80. The van der Waals surface area contributed by atoms with E-state index in [9.17, 15) is 0 Å². The minimum absolute atomic E-state index is 0.432. The summed E-state index contributed by atoms with van der Waals surface area (Å²) in [4.78, 5) is 0. The summed E-state index contributed by atoms with van der Waals surface area (Å²) in [6.07, 6.45) is 3.31. The summed E-state index contributed by atoms with van der Waals surface area (Å²) in [6.45, 7) is 4.15. The Kier molecular flexibility index (Phi) is 5.97. The highest BCUT2D eigenvalue weighted by Crippen LogP contribution is 2.21. The zero-order valence-electron chi connectivity index (χ0n) is 8.91. The number of hydrazone groups is 1. The van der Waals surface area contributed by atoms with E-state index in [0.29, 0.717) is 21.7 Å². The molecule has 0 aliphatic rings. The molecule has 90 valence electrons. The second kappa shape index (κ2) is 7.27. The van der Waals surface area contributed by atoms with Crippen molar-refractivity contribution in [2.75, 3.05) is 6.54 Å². The summed E-state index contributed by atoms with van der Waals surface area (Å²) in [5.41, 5.74) is 3.50. The molecule has 3 nitrogen and oxygen atoms in total. The highest BCUT2D eigenvalue weighted by atomic mass is 35.5. The Balaban J connectivity index is 2.50. The number of thiocarbonyl (C=S) groups is 1. The van der Waals surface area contributed by atoms with Gasteiger partial charge in [0.1, 0.15) is 0 Å². The minimum atomic E-state index is 0.432. The van der Waals surface area contributed by atoms with Gasteiger partial charge in [0, 0.05) is 6.54 Å². The van der Waals surface area contributed by atoms with Gasteiger partial charge in [-0.25, -0.2) is 0 Å². The number of benzene rings is 1. The molecule has 0 bridgehead atoms. The van der Waals surface area contributed by atoms with E-state index in [-0.39, 0.29) is 0 Å². The van der Waals surface area contributed by atoms with Crippen molar-refractivity contribution in [2.24, 2.45) is 5.10 Å². The van der Waals surface area contributed by atoms with E-state index in [4.69, 9.17) is 35.4 Å². The molecule has 1 rings (SSSR count). The van der Waals surface area contributed by atoms with Crippen LogP contribution < -0.4 is 10.7 Å². The van der Waals surface area contributed by atoms with Crippen LogP contribution in [0.1, 0.15) is 5.56 Å². The van der Waals surface area contributed by atoms with Crippen LogP contribution in [0, 0.1) is 0 Å². The van der Waals surface area contributed by atoms with Crippen LogP contribution in [-0.2, 0) is 0 Å². The Bertz CT molecular complexity index is 446. The van der Waals surface area contributed by atoms with Gasteiger partial charge in [-0.3, -0.25) is 5.43 Å². The molecule has 17 heavy (non-hydrogen) atoms. The largest absolute Gasteiger partial charge is 0.358 e. The van der Waals surface area contributed by atoms with Crippen molar-refractivity contribution in [3.05, 3.63) is 46.5 Å². The second-order valence-electron chi connectivity index (χ2n) is 3.04. The van der Waals surface area contributed by atoms with Crippen molar-refractivity contribution < 1.29 is 0 Å². The van der Waals surface area contributed by atoms with Crippen LogP contribution in [0.5, 0.6) is 0 Å². The number of nitrogens with zero attached hydrogens (tertiary/aromatic N) is 1. The quantitative estimate of drug-likeness (QED) is 0.387. The van der Waals surface area contributed by atoms with Crippen molar-refractivity contribution in [1.82, 2.24) is 10.7 Å². The summed E-state index contributed by atoms with van der Waals surface area (Å²) in [5, 5.41) is 8.27. The normalized spacial score (nSPS) is 10.2. The Hall–Kier alpha value is -1.10. The zero-order chi connectivity index (χ0) is 12.7. The first-order valence-corrected chi connectivity index (χ1v) is 5.92. The molecule has 0 unspecified atom stereocenters. The summed E-state index contributed by atoms with van der Waals surface area (Å²) in [7, 11) is 0. The SMILES string of the molecule is C=CCNC(=S)N/N=C/c1ccc(Cl)c(Cl)c1. The molecule has 6 heteroatoms. The highest BCUT2D eigenvalue weighted by Gasteiger charge is 1.97. The molecule has 0 radical (unpaired) electrons. The number of nitrogens with one attached hydrogen (secondary N) is 2. The van der Waals surface area contributed by atoms with E-state index in [2.05, 4.69) is 22.4 Å². The molecule has 0 aromatic heterocycles. The first-order valence-electron chi connectivity index (χ1n) is 4.76. The molecule has 0 fully saturated rings. The Morgan fingerprint density at radius 3 is 2.82 bits per heavy atom. The zero-order valence-corrected chi connectivity index (χ0v) is 11.2. The lowest BCUT2D eigenvalue weighted by Gasteiger charge is -2.03. The standard InChI is InChI=1S/C11H11Cl2N3S/c1-2-5-14-11(17)16-15-7-8-3-4-9(12)10(13)6-8/h2-4,6-7H,1,5H2,(H2,14,16,17)/b15-7+. The number of hydrogen-bond acceptors (Lipinski definition) is 2. The van der Waals surface area contributed by atoms with Gasteiger partial charge >= 0.3 is 0 Å². The average molecular weight is 288 g/mol. The maximum absolute atomic E-state index is 5.86. The van der Waals surface area contributed by atoms with Crippen LogP contribution in [0.15, 0.2) is 36.0 Å². The van der Waals surface area contributed by atoms with Gasteiger partial charge in [-0.1, -0.05) is 35.3 Å². The van der Waals surface area contributed by atoms with Gasteiger partial charge in [-0.15, -0.1) is 6.58 Å². The maximum Gasteiger partial charge on any atom is 0.187 e. The fourth-order valence-corrected chi connectivity index (χ4v) is 1.41. The number of rotatable bonds is 4. The topological polar surface area (TPSA) is 36.4 Å². The van der Waals surface area contributed by atoms with Crippen LogP contribution in [0.4, 0.5) is 0 Å². The number of halogens is 2. The molecule has 0 saturated carbocycles. The number of hydrogen-bond donors (Lipinski definition) is 2. The van der Waals surface area contributed by atoms with E-state index in [1.807, 2.05) is 0 Å². The third-order valence-corrected chi connectivity index (χ3v) is 2.70. The van der Waals surface area contributed by atoms with Crippen molar-refractivity contribution in [1.29, 1.82) is 0 Å². The first-order chi connectivity index (χ1) is 8.13. The molecule has 0 atom stereocenters. The van der Waals surface area contributed by atoms with Gasteiger partial charge < -0.3 is 5.32 Å². The van der Waals surface area contributed by atoms with Gasteiger partial charge in [0.25, 0.3) is 0 Å². The van der Waals surface area contributed by atoms with Crippen LogP contribution >= 0.6 is 35.4 Å². The van der Waals surface area contributed by atoms with E-state index in [0.717, 1.165) is 5.56 Å². The predicted molar refractivity (Wildman–Crippen MR) is 78.0 cm³/mol. The Labute approximate surface area is 115 Å². The van der Waals surface area contributed by atoms with Gasteiger partial charge in [-0.2, -0.15) is 5.10 Å². The monoisotopic (exact) mass is 287 g/mol. The smallest absolute Gasteiger partial charge is 0.187 e. The van der Waals surface area contributed by atoms with E-state index in [1.54, 1.807) is 30.5 Å². The van der Waals surface area contributed by atoms with Crippen molar-refractivity contribution in [2.45, 2.75) is 0 Å². The second-order valence-corrected chi connectivity index (χ2v) is 4.26. The van der Waals surface area contributed by atoms with Crippen molar-refractivity contribution in [3.8, 4) is 0 Å². The molecule has 0 heterocycles. The minimum Gasteiger partial charge on any atom is -0.358 e.